The Bertz CT molecular complexity index is 557. The number of esters is 1. The molecule has 22 heavy (non-hydrogen) atoms. The molecule has 0 bridgehead atoms. The second-order valence-corrected chi connectivity index (χ2v) is 5.45. The average Bonchev–Trinajstić information content (AvgIpc) is 2.43. The first-order valence-electron chi connectivity index (χ1n) is 6.11. The van der Waals surface area contributed by atoms with Gasteiger partial charge in [0.1, 0.15) is 6.04 Å². The van der Waals surface area contributed by atoms with Gasteiger partial charge in [0.15, 0.2) is 0 Å². The Hall–Kier alpha value is -1.74. The first-order chi connectivity index (χ1) is 9.99. The predicted octanol–water partition coefficient (Wildman–Crippen LogP) is 2.04. The van der Waals surface area contributed by atoms with Crippen molar-refractivity contribution in [1.29, 1.82) is 0 Å². The lowest BCUT2D eigenvalue weighted by Gasteiger charge is -2.26. The van der Waals surface area contributed by atoms with Gasteiger partial charge in [0, 0.05) is 5.54 Å². The molecule has 9 heteroatoms. The molecule has 0 spiro atoms. The van der Waals surface area contributed by atoms with Gasteiger partial charge in [-0.25, -0.2) is 18.0 Å². The van der Waals surface area contributed by atoms with Gasteiger partial charge in [0.25, 0.3) is 0 Å². The fourth-order valence-corrected chi connectivity index (χ4v) is 1.55. The largest absolute Gasteiger partial charge is 0.419 e. The van der Waals surface area contributed by atoms with Crippen molar-refractivity contribution in [3.63, 3.8) is 0 Å². The van der Waals surface area contributed by atoms with Crippen LogP contribution in [0.25, 0.3) is 0 Å². The zero-order valence-corrected chi connectivity index (χ0v) is 11.9. The van der Waals surface area contributed by atoms with Crippen molar-refractivity contribution >= 4 is 5.97 Å². The van der Waals surface area contributed by atoms with Gasteiger partial charge in [-0.15, -0.1) is 0 Å². The smallest absolute Gasteiger partial charge is 0.331 e. The van der Waals surface area contributed by atoms with E-state index in [1.165, 1.54) is 0 Å². The van der Waals surface area contributed by atoms with Crippen molar-refractivity contribution in [2.24, 2.45) is 0 Å². The monoisotopic (exact) mass is 327 g/mol. The van der Waals surface area contributed by atoms with Gasteiger partial charge in [0.05, 0.1) is 6.61 Å². The summed E-state index contributed by atoms with van der Waals surface area (Å²) in [6.45, 7) is 4.08. The van der Waals surface area contributed by atoms with E-state index in [-0.39, 0.29) is 0 Å². The van der Waals surface area contributed by atoms with Crippen molar-refractivity contribution in [3.05, 3.63) is 29.1 Å². The van der Waals surface area contributed by atoms with Crippen LogP contribution in [0.2, 0.25) is 0 Å². The van der Waals surface area contributed by atoms with E-state index in [0.29, 0.717) is 0 Å². The van der Waals surface area contributed by atoms with Gasteiger partial charge >= 0.3 is 5.97 Å². The molecule has 1 aromatic rings. The maximum Gasteiger partial charge on any atom is 0.331 e. The zero-order chi connectivity index (χ0) is 17.2. The van der Waals surface area contributed by atoms with E-state index < -0.39 is 59.0 Å². The number of halogens is 5. The molecular formula is C13H14F5NO3. The third-order valence-electron chi connectivity index (χ3n) is 2.45. The molecule has 0 saturated heterocycles. The maximum atomic E-state index is 13.4. The quantitative estimate of drug-likeness (QED) is 0.292. The number of hydrogen-bond donors (Lipinski definition) is 2. The highest BCUT2D eigenvalue weighted by Crippen LogP contribution is 2.29. The minimum atomic E-state index is -2.36. The molecule has 0 aliphatic rings. The van der Waals surface area contributed by atoms with E-state index in [4.69, 9.17) is 5.11 Å². The molecule has 0 saturated carbocycles. The molecule has 124 valence electrons. The molecule has 0 unspecified atom stereocenters. The summed E-state index contributed by atoms with van der Waals surface area (Å²) < 4.78 is 69.8. The SMILES string of the molecule is CC(C)(C)N[C@@H](CO)C(=O)Oc1c(F)c(F)c(F)c(F)c1F. The van der Waals surface area contributed by atoms with Crippen LogP contribution in [0.1, 0.15) is 20.8 Å². The summed E-state index contributed by atoms with van der Waals surface area (Å²) in [5.74, 6) is -14.5. The van der Waals surface area contributed by atoms with Crippen LogP contribution in [0.15, 0.2) is 0 Å². The van der Waals surface area contributed by atoms with E-state index in [1.54, 1.807) is 20.8 Å². The topological polar surface area (TPSA) is 58.6 Å². The minimum Gasteiger partial charge on any atom is -0.419 e. The highest BCUT2D eigenvalue weighted by molar-refractivity contribution is 5.78. The van der Waals surface area contributed by atoms with Crippen molar-refractivity contribution in [3.8, 4) is 5.75 Å². The molecule has 0 amide bonds. The Morgan fingerprint density at radius 3 is 1.82 bits per heavy atom. The third kappa shape index (κ3) is 3.92. The molecule has 0 radical (unpaired) electrons. The second kappa shape index (κ2) is 6.57. The van der Waals surface area contributed by atoms with Crippen LogP contribution in [0.5, 0.6) is 5.75 Å². The van der Waals surface area contributed by atoms with Crippen LogP contribution in [-0.2, 0) is 4.79 Å². The molecular weight excluding hydrogens is 313 g/mol. The molecule has 0 aliphatic carbocycles. The van der Waals surface area contributed by atoms with Gasteiger partial charge in [0.2, 0.25) is 34.8 Å². The van der Waals surface area contributed by atoms with E-state index in [2.05, 4.69) is 10.1 Å². The van der Waals surface area contributed by atoms with E-state index >= 15 is 0 Å². The Balaban J connectivity index is 3.12. The van der Waals surface area contributed by atoms with Gasteiger partial charge in [-0.05, 0) is 20.8 Å². The lowest BCUT2D eigenvalue weighted by atomic mass is 10.1. The first-order valence-corrected chi connectivity index (χ1v) is 6.11. The third-order valence-corrected chi connectivity index (χ3v) is 2.45. The Morgan fingerprint density at radius 1 is 1.05 bits per heavy atom. The molecule has 0 fully saturated rings. The average molecular weight is 327 g/mol. The number of nitrogens with one attached hydrogen (secondary N) is 1. The summed E-state index contributed by atoms with van der Waals surface area (Å²) in [5.41, 5.74) is -0.678. The normalized spacial score (nSPS) is 13.1. The number of benzene rings is 1. The number of aliphatic hydroxyl groups is 1. The van der Waals surface area contributed by atoms with Gasteiger partial charge < -0.3 is 9.84 Å². The molecule has 0 aliphatic heterocycles. The standard InChI is InChI=1S/C13H14F5NO3/c1-13(2,3)19-5(4-20)12(21)22-11-9(17)7(15)6(14)8(16)10(11)18/h5,19-20H,4H2,1-3H3/t5-/m0/s1. The van der Waals surface area contributed by atoms with E-state index in [9.17, 15) is 26.7 Å². The summed E-state index contributed by atoms with van der Waals surface area (Å²) in [4.78, 5) is 11.7. The lowest BCUT2D eigenvalue weighted by Crippen LogP contribution is -2.51. The van der Waals surface area contributed by atoms with Crippen LogP contribution in [0.3, 0.4) is 0 Å². The molecule has 0 heterocycles. The zero-order valence-electron chi connectivity index (χ0n) is 11.9. The van der Waals surface area contributed by atoms with Crippen LogP contribution in [0, 0.1) is 29.1 Å². The summed E-state index contributed by atoms with van der Waals surface area (Å²) in [7, 11) is 0. The predicted molar refractivity (Wildman–Crippen MR) is 65.6 cm³/mol. The molecule has 2 N–H and O–H groups in total. The number of hydrogen-bond acceptors (Lipinski definition) is 4. The van der Waals surface area contributed by atoms with Crippen molar-refractivity contribution in [2.45, 2.75) is 32.4 Å². The number of carbonyl (C=O) groups is 1. The molecule has 0 aromatic heterocycles. The highest BCUT2D eigenvalue weighted by Gasteiger charge is 2.31. The van der Waals surface area contributed by atoms with E-state index in [0.717, 1.165) is 0 Å². The van der Waals surface area contributed by atoms with Gasteiger partial charge in [-0.2, -0.15) is 8.78 Å². The number of carbonyl (C=O) groups excluding carboxylic acids is 1. The van der Waals surface area contributed by atoms with Crippen molar-refractivity contribution in [2.75, 3.05) is 6.61 Å². The number of aliphatic hydroxyl groups excluding tert-OH is 1. The van der Waals surface area contributed by atoms with Gasteiger partial charge in [-0.1, -0.05) is 0 Å². The molecule has 1 aromatic carbocycles. The van der Waals surface area contributed by atoms with Crippen molar-refractivity contribution < 1.29 is 36.6 Å². The summed E-state index contributed by atoms with van der Waals surface area (Å²) in [5, 5.41) is 11.6. The lowest BCUT2D eigenvalue weighted by molar-refractivity contribution is -0.138. The Labute approximate surface area is 122 Å². The summed E-state index contributed by atoms with van der Waals surface area (Å²) in [6, 6.07) is -1.41. The summed E-state index contributed by atoms with van der Waals surface area (Å²) >= 11 is 0. The van der Waals surface area contributed by atoms with Crippen LogP contribution in [0.4, 0.5) is 22.0 Å². The van der Waals surface area contributed by atoms with Crippen LogP contribution < -0.4 is 10.1 Å². The van der Waals surface area contributed by atoms with E-state index in [1.807, 2.05) is 0 Å². The fraction of sp³-hybridized carbons (Fsp3) is 0.462. The second-order valence-electron chi connectivity index (χ2n) is 5.45. The summed E-state index contributed by atoms with van der Waals surface area (Å²) in [6.07, 6.45) is 0. The van der Waals surface area contributed by atoms with Crippen LogP contribution in [-0.4, -0.2) is 29.3 Å². The molecule has 4 nitrogen and oxygen atoms in total. The highest BCUT2D eigenvalue weighted by atomic mass is 19.2. The van der Waals surface area contributed by atoms with Crippen LogP contribution >= 0.6 is 0 Å². The Kier molecular flexibility index (Phi) is 5.47. The number of rotatable bonds is 4. The molecule has 1 rings (SSSR count). The minimum absolute atomic E-state index is 0.678. The number of ether oxygens (including phenoxy) is 1. The van der Waals surface area contributed by atoms with Gasteiger partial charge in [-0.3, -0.25) is 5.32 Å². The Morgan fingerprint density at radius 2 is 1.45 bits per heavy atom. The first kappa shape index (κ1) is 18.3. The maximum absolute atomic E-state index is 13.4. The fourth-order valence-electron chi connectivity index (χ4n) is 1.55. The molecule has 1 atom stereocenters. The van der Waals surface area contributed by atoms with Crippen molar-refractivity contribution in [1.82, 2.24) is 5.32 Å².